The fourth-order valence-corrected chi connectivity index (χ4v) is 2.11. The van der Waals surface area contributed by atoms with E-state index in [0.29, 0.717) is 6.54 Å². The van der Waals surface area contributed by atoms with Crippen molar-refractivity contribution in [1.29, 1.82) is 0 Å². The molecule has 4 N–H and O–H groups in total. The van der Waals surface area contributed by atoms with Crippen LogP contribution in [0.2, 0.25) is 0 Å². The molecule has 1 aromatic heterocycles. The summed E-state index contributed by atoms with van der Waals surface area (Å²) in [7, 11) is 0. The predicted octanol–water partition coefficient (Wildman–Crippen LogP) is -0.741. The number of carbonyl (C=O) groups excluding carboxylic acids is 1. The van der Waals surface area contributed by atoms with E-state index in [1.807, 2.05) is 11.1 Å². The lowest BCUT2D eigenvalue weighted by Gasteiger charge is -2.18. The standard InChI is InChI=1S/C9H11N5O/c10-8(15)5-3-12-14-7-1-2-11-4-6(7)13-9(5)14/h1-2,4-5,9,12-13H,3H2,(H2,10,15). The van der Waals surface area contributed by atoms with Crippen LogP contribution >= 0.6 is 0 Å². The normalized spacial score (nSPS) is 27.1. The molecule has 0 radical (unpaired) electrons. The first kappa shape index (κ1) is 8.49. The molecule has 0 aliphatic carbocycles. The summed E-state index contributed by atoms with van der Waals surface area (Å²) in [6.07, 6.45) is 3.39. The Bertz CT molecular complexity index is 421. The minimum atomic E-state index is -0.289. The molecule has 1 amide bonds. The topological polar surface area (TPSA) is 83.3 Å². The number of hydrogen-bond donors (Lipinski definition) is 3. The number of nitrogens with zero attached hydrogens (tertiary/aromatic N) is 2. The third kappa shape index (κ3) is 1.08. The zero-order valence-corrected chi connectivity index (χ0v) is 7.97. The van der Waals surface area contributed by atoms with Gasteiger partial charge in [-0.25, -0.2) is 5.43 Å². The molecule has 1 fully saturated rings. The van der Waals surface area contributed by atoms with Crippen LogP contribution < -0.4 is 21.5 Å². The first-order valence-electron chi connectivity index (χ1n) is 4.80. The van der Waals surface area contributed by atoms with E-state index in [0.717, 1.165) is 11.4 Å². The van der Waals surface area contributed by atoms with Crippen LogP contribution in [0, 0.1) is 5.92 Å². The maximum absolute atomic E-state index is 11.2. The summed E-state index contributed by atoms with van der Waals surface area (Å²) in [5.74, 6) is -0.499. The maximum atomic E-state index is 11.2. The van der Waals surface area contributed by atoms with Crippen molar-refractivity contribution >= 4 is 17.3 Å². The summed E-state index contributed by atoms with van der Waals surface area (Å²) in [5, 5.41) is 5.16. The van der Waals surface area contributed by atoms with Gasteiger partial charge in [0, 0.05) is 12.7 Å². The van der Waals surface area contributed by atoms with E-state index in [4.69, 9.17) is 5.73 Å². The molecule has 0 bridgehead atoms. The number of amides is 1. The molecule has 0 aromatic carbocycles. The molecule has 6 nitrogen and oxygen atoms in total. The van der Waals surface area contributed by atoms with Gasteiger partial charge in [0.2, 0.25) is 5.91 Å². The SMILES string of the molecule is NC(=O)C1CNN2c3ccncc3NC12. The molecule has 15 heavy (non-hydrogen) atoms. The average Bonchev–Trinajstić information content (AvgIpc) is 2.74. The number of pyridine rings is 1. The van der Waals surface area contributed by atoms with Gasteiger partial charge in [0.05, 0.1) is 23.5 Å². The second-order valence-electron chi connectivity index (χ2n) is 3.72. The van der Waals surface area contributed by atoms with Gasteiger partial charge in [0.15, 0.2) is 0 Å². The molecule has 2 aliphatic heterocycles. The quantitative estimate of drug-likeness (QED) is 0.562. The van der Waals surface area contributed by atoms with Crippen LogP contribution in [0.5, 0.6) is 0 Å². The van der Waals surface area contributed by atoms with Gasteiger partial charge >= 0.3 is 0 Å². The Kier molecular flexibility index (Phi) is 1.60. The molecular weight excluding hydrogens is 194 g/mol. The smallest absolute Gasteiger partial charge is 0.225 e. The molecule has 1 saturated heterocycles. The number of hydrazine groups is 1. The van der Waals surface area contributed by atoms with E-state index < -0.39 is 0 Å². The largest absolute Gasteiger partial charge is 0.369 e. The third-order valence-electron chi connectivity index (χ3n) is 2.87. The number of primary amides is 1. The fourth-order valence-electron chi connectivity index (χ4n) is 2.11. The van der Waals surface area contributed by atoms with Crippen LogP contribution in [0.1, 0.15) is 0 Å². The van der Waals surface area contributed by atoms with Crippen LogP contribution in [0.15, 0.2) is 18.5 Å². The number of aromatic nitrogens is 1. The van der Waals surface area contributed by atoms with Gasteiger partial charge < -0.3 is 11.1 Å². The molecule has 2 atom stereocenters. The van der Waals surface area contributed by atoms with Gasteiger partial charge in [-0.2, -0.15) is 0 Å². The summed E-state index contributed by atoms with van der Waals surface area (Å²) in [5.41, 5.74) is 10.4. The number of anilines is 2. The first-order valence-corrected chi connectivity index (χ1v) is 4.80. The van der Waals surface area contributed by atoms with Crippen LogP contribution in [0.3, 0.4) is 0 Å². The molecule has 3 heterocycles. The molecule has 1 aromatic rings. The molecule has 0 saturated carbocycles. The Hall–Kier alpha value is -1.82. The number of nitrogens with one attached hydrogen (secondary N) is 2. The molecule has 2 unspecified atom stereocenters. The Morgan fingerprint density at radius 1 is 1.67 bits per heavy atom. The van der Waals surface area contributed by atoms with E-state index in [1.165, 1.54) is 0 Å². The minimum absolute atomic E-state index is 0.0818. The summed E-state index contributed by atoms with van der Waals surface area (Å²) in [4.78, 5) is 15.2. The maximum Gasteiger partial charge on any atom is 0.225 e. The Morgan fingerprint density at radius 3 is 3.33 bits per heavy atom. The monoisotopic (exact) mass is 205 g/mol. The third-order valence-corrected chi connectivity index (χ3v) is 2.87. The predicted molar refractivity (Wildman–Crippen MR) is 54.8 cm³/mol. The second-order valence-corrected chi connectivity index (χ2v) is 3.72. The van der Waals surface area contributed by atoms with Gasteiger partial charge in [-0.15, -0.1) is 0 Å². The van der Waals surface area contributed by atoms with Crippen molar-refractivity contribution in [3.05, 3.63) is 18.5 Å². The van der Waals surface area contributed by atoms with Crippen molar-refractivity contribution in [3.8, 4) is 0 Å². The van der Waals surface area contributed by atoms with Crippen LogP contribution in [-0.4, -0.2) is 23.6 Å². The van der Waals surface area contributed by atoms with E-state index in [9.17, 15) is 4.79 Å². The van der Waals surface area contributed by atoms with Crippen LogP contribution in [0.25, 0.3) is 0 Å². The summed E-state index contributed by atoms with van der Waals surface area (Å²) < 4.78 is 0. The summed E-state index contributed by atoms with van der Waals surface area (Å²) in [6.45, 7) is 0.578. The Labute approximate surface area is 86.4 Å². The Morgan fingerprint density at radius 2 is 2.53 bits per heavy atom. The molecule has 2 aliphatic rings. The highest BCUT2D eigenvalue weighted by Gasteiger charge is 2.42. The van der Waals surface area contributed by atoms with Crippen molar-refractivity contribution in [2.75, 3.05) is 16.9 Å². The van der Waals surface area contributed by atoms with Crippen molar-refractivity contribution in [1.82, 2.24) is 10.4 Å². The highest BCUT2D eigenvalue weighted by atomic mass is 16.1. The number of carbonyl (C=O) groups is 1. The van der Waals surface area contributed by atoms with Crippen LogP contribution in [-0.2, 0) is 4.79 Å². The highest BCUT2D eigenvalue weighted by Crippen LogP contribution is 2.36. The van der Waals surface area contributed by atoms with Crippen molar-refractivity contribution < 1.29 is 4.79 Å². The van der Waals surface area contributed by atoms with Crippen molar-refractivity contribution in [3.63, 3.8) is 0 Å². The van der Waals surface area contributed by atoms with Gasteiger partial charge in [-0.3, -0.25) is 14.8 Å². The lowest BCUT2D eigenvalue weighted by atomic mass is 10.1. The van der Waals surface area contributed by atoms with E-state index in [1.54, 1.807) is 12.4 Å². The van der Waals surface area contributed by atoms with Crippen molar-refractivity contribution in [2.24, 2.45) is 11.7 Å². The first-order chi connectivity index (χ1) is 7.27. The molecular formula is C9H11N5O. The second kappa shape index (κ2) is 2.83. The molecule has 3 rings (SSSR count). The van der Waals surface area contributed by atoms with Crippen molar-refractivity contribution in [2.45, 2.75) is 6.17 Å². The minimum Gasteiger partial charge on any atom is -0.369 e. The Balaban J connectivity index is 1.97. The number of hydrogen-bond acceptors (Lipinski definition) is 5. The zero-order valence-electron chi connectivity index (χ0n) is 7.97. The number of nitrogens with two attached hydrogens (primary N) is 1. The number of rotatable bonds is 1. The van der Waals surface area contributed by atoms with E-state index >= 15 is 0 Å². The van der Waals surface area contributed by atoms with Crippen LogP contribution in [0.4, 0.5) is 11.4 Å². The lowest BCUT2D eigenvalue weighted by molar-refractivity contribution is -0.121. The zero-order chi connectivity index (χ0) is 10.4. The van der Waals surface area contributed by atoms with Gasteiger partial charge in [-0.05, 0) is 6.07 Å². The van der Waals surface area contributed by atoms with Gasteiger partial charge in [0.25, 0.3) is 0 Å². The molecule has 6 heteroatoms. The lowest BCUT2D eigenvalue weighted by Crippen LogP contribution is -2.41. The van der Waals surface area contributed by atoms with E-state index in [-0.39, 0.29) is 18.0 Å². The van der Waals surface area contributed by atoms with Gasteiger partial charge in [0.1, 0.15) is 6.17 Å². The fraction of sp³-hybridized carbons (Fsp3) is 0.333. The number of fused-ring (bicyclic) bond motifs is 3. The molecule has 78 valence electrons. The summed E-state index contributed by atoms with van der Waals surface area (Å²) >= 11 is 0. The molecule has 0 spiro atoms. The average molecular weight is 205 g/mol. The van der Waals surface area contributed by atoms with E-state index in [2.05, 4.69) is 15.7 Å². The highest BCUT2D eigenvalue weighted by molar-refractivity contribution is 5.83. The van der Waals surface area contributed by atoms with Gasteiger partial charge in [-0.1, -0.05) is 0 Å². The summed E-state index contributed by atoms with van der Waals surface area (Å²) in [6, 6.07) is 1.90.